The average Bonchev–Trinajstić information content (AvgIpc) is 3.17. The second-order valence-electron chi connectivity index (χ2n) is 7.15. The number of benzene rings is 1. The van der Waals surface area contributed by atoms with Gasteiger partial charge in [0.15, 0.2) is 0 Å². The number of carboxylic acid groups (broad SMARTS) is 1. The van der Waals surface area contributed by atoms with Gasteiger partial charge in [-0.3, -0.25) is 9.59 Å². The Hall–Kier alpha value is -1.36. The van der Waals surface area contributed by atoms with E-state index in [1.807, 2.05) is 4.90 Å². The van der Waals surface area contributed by atoms with Crippen LogP contribution in [0.4, 0.5) is 0 Å². The van der Waals surface area contributed by atoms with Gasteiger partial charge in [-0.15, -0.1) is 0 Å². The van der Waals surface area contributed by atoms with Gasteiger partial charge in [-0.25, -0.2) is 0 Å². The number of fused-ring (bicyclic) bond motifs is 2. The maximum absolute atomic E-state index is 12.8. The van der Waals surface area contributed by atoms with Crippen molar-refractivity contribution in [1.29, 1.82) is 0 Å². The number of hydrogen-bond donors (Lipinski definition) is 1. The predicted octanol–water partition coefficient (Wildman–Crippen LogP) is 2.98. The molecule has 2 fully saturated rings. The fourth-order valence-electron chi connectivity index (χ4n) is 4.52. The Morgan fingerprint density at radius 2 is 2.00 bits per heavy atom. The van der Waals surface area contributed by atoms with Gasteiger partial charge in [0.05, 0.1) is 5.92 Å². The van der Waals surface area contributed by atoms with E-state index in [-0.39, 0.29) is 23.2 Å². The molecule has 1 aromatic carbocycles. The lowest BCUT2D eigenvalue weighted by Crippen LogP contribution is -2.41. The first-order valence-electron chi connectivity index (χ1n) is 8.32. The summed E-state index contributed by atoms with van der Waals surface area (Å²) in [6.45, 7) is 1.19. The number of amides is 1. The van der Waals surface area contributed by atoms with E-state index in [1.54, 1.807) is 0 Å². The summed E-state index contributed by atoms with van der Waals surface area (Å²) in [6.07, 6.45) is 4.26. The van der Waals surface area contributed by atoms with Crippen LogP contribution in [0.3, 0.4) is 0 Å². The number of aliphatic carboxylic acids is 1. The van der Waals surface area contributed by atoms with Crippen molar-refractivity contribution in [3.63, 3.8) is 0 Å². The molecule has 0 radical (unpaired) electrons. The maximum atomic E-state index is 12.8. The highest BCUT2D eigenvalue weighted by molar-refractivity contribution is 9.10. The summed E-state index contributed by atoms with van der Waals surface area (Å²) in [5, 5.41) is 9.08. The Morgan fingerprint density at radius 3 is 2.70 bits per heavy atom. The first kappa shape index (κ1) is 15.2. The number of halogens is 1. The number of carboxylic acids is 1. The van der Waals surface area contributed by atoms with Crippen LogP contribution in [0.1, 0.15) is 36.8 Å². The molecule has 1 saturated heterocycles. The summed E-state index contributed by atoms with van der Waals surface area (Å²) in [4.78, 5) is 25.8. The summed E-state index contributed by atoms with van der Waals surface area (Å²) in [7, 11) is 0. The summed E-state index contributed by atoms with van der Waals surface area (Å²) in [5.74, 6) is -0.664. The van der Waals surface area contributed by atoms with Gasteiger partial charge in [-0.05, 0) is 55.4 Å². The Balaban J connectivity index is 1.46. The highest BCUT2D eigenvalue weighted by Gasteiger charge is 2.62. The molecule has 0 bridgehead atoms. The van der Waals surface area contributed by atoms with Crippen LogP contribution < -0.4 is 0 Å². The Bertz CT molecular complexity index is 681. The molecule has 2 atom stereocenters. The number of carbonyl (C=O) groups excluding carboxylic acids is 1. The summed E-state index contributed by atoms with van der Waals surface area (Å²) >= 11 is 3.52. The summed E-state index contributed by atoms with van der Waals surface area (Å²) in [5.41, 5.74) is 2.80. The second kappa shape index (κ2) is 5.33. The maximum Gasteiger partial charge on any atom is 0.306 e. The lowest BCUT2D eigenvalue weighted by Gasteiger charge is -2.31. The monoisotopic (exact) mass is 377 g/mol. The molecule has 5 heteroatoms. The molecule has 4 rings (SSSR count). The zero-order chi connectivity index (χ0) is 16.2. The molecule has 1 saturated carbocycles. The smallest absolute Gasteiger partial charge is 0.306 e. The van der Waals surface area contributed by atoms with E-state index >= 15 is 0 Å². The van der Waals surface area contributed by atoms with Crippen molar-refractivity contribution < 1.29 is 14.7 Å². The fourth-order valence-corrected chi connectivity index (χ4v) is 4.93. The predicted molar refractivity (Wildman–Crippen MR) is 89.2 cm³/mol. The lowest BCUT2D eigenvalue weighted by atomic mass is 9.93. The highest BCUT2D eigenvalue weighted by Crippen LogP contribution is 2.62. The van der Waals surface area contributed by atoms with Crippen molar-refractivity contribution in [2.24, 2.45) is 11.8 Å². The van der Waals surface area contributed by atoms with Gasteiger partial charge in [-0.1, -0.05) is 22.0 Å². The van der Waals surface area contributed by atoms with Crippen molar-refractivity contribution >= 4 is 27.8 Å². The zero-order valence-electron chi connectivity index (χ0n) is 12.9. The summed E-state index contributed by atoms with van der Waals surface area (Å²) in [6, 6.07) is 6.43. The van der Waals surface area contributed by atoms with E-state index < -0.39 is 5.97 Å². The number of aryl methyl sites for hydroxylation is 1. The molecule has 1 aromatic rings. The first-order valence-corrected chi connectivity index (χ1v) is 9.11. The lowest BCUT2D eigenvalue weighted by molar-refractivity contribution is -0.146. The van der Waals surface area contributed by atoms with Crippen molar-refractivity contribution in [1.82, 2.24) is 4.90 Å². The number of nitrogens with zero attached hydrogens (tertiary/aromatic N) is 1. The van der Waals surface area contributed by atoms with Crippen LogP contribution in [-0.4, -0.2) is 35.0 Å². The fraction of sp³-hybridized carbons (Fsp3) is 0.556. The van der Waals surface area contributed by atoms with Crippen molar-refractivity contribution in [3.8, 4) is 0 Å². The molecule has 4 nitrogen and oxygen atoms in total. The normalized spacial score (nSPS) is 29.6. The van der Waals surface area contributed by atoms with E-state index in [9.17, 15) is 9.59 Å². The van der Waals surface area contributed by atoms with E-state index in [1.165, 1.54) is 11.1 Å². The molecule has 3 aliphatic rings. The molecule has 2 unspecified atom stereocenters. The van der Waals surface area contributed by atoms with Crippen LogP contribution in [-0.2, 0) is 21.4 Å². The zero-order valence-corrected chi connectivity index (χ0v) is 14.5. The number of rotatable bonds is 2. The van der Waals surface area contributed by atoms with Crippen molar-refractivity contribution in [2.75, 3.05) is 13.1 Å². The molecule has 23 heavy (non-hydrogen) atoms. The van der Waals surface area contributed by atoms with E-state index in [2.05, 4.69) is 34.1 Å². The number of likely N-dealkylation sites (tertiary alicyclic amines) is 1. The molecule has 1 heterocycles. The topological polar surface area (TPSA) is 57.6 Å². The third-order valence-corrected chi connectivity index (χ3v) is 6.47. The van der Waals surface area contributed by atoms with Gasteiger partial charge in [0.2, 0.25) is 5.91 Å². The van der Waals surface area contributed by atoms with E-state index in [0.29, 0.717) is 25.9 Å². The van der Waals surface area contributed by atoms with Crippen LogP contribution in [0.15, 0.2) is 22.7 Å². The molecule has 0 aromatic heterocycles. The van der Waals surface area contributed by atoms with E-state index in [4.69, 9.17) is 5.11 Å². The minimum atomic E-state index is -0.727. The molecule has 2 aliphatic carbocycles. The van der Waals surface area contributed by atoms with Gasteiger partial charge in [-0.2, -0.15) is 0 Å². The Kier molecular flexibility index (Phi) is 3.52. The minimum absolute atomic E-state index is 0.0662. The SMILES string of the molecule is O=C(O)C1CCN(C(=O)C2CC23CCc2cc(Br)ccc23)CC1. The van der Waals surface area contributed by atoms with Crippen molar-refractivity contribution in [3.05, 3.63) is 33.8 Å². The van der Waals surface area contributed by atoms with Gasteiger partial charge in [0, 0.05) is 28.9 Å². The molecule has 1 aliphatic heterocycles. The first-order chi connectivity index (χ1) is 11.0. The number of hydrogen-bond acceptors (Lipinski definition) is 2. The van der Waals surface area contributed by atoms with Crippen molar-refractivity contribution in [2.45, 2.75) is 37.5 Å². The minimum Gasteiger partial charge on any atom is -0.481 e. The van der Waals surface area contributed by atoms with Crippen LogP contribution in [0.5, 0.6) is 0 Å². The van der Waals surface area contributed by atoms with Gasteiger partial charge >= 0.3 is 5.97 Å². The van der Waals surface area contributed by atoms with Gasteiger partial charge in [0.1, 0.15) is 0 Å². The average molecular weight is 378 g/mol. The van der Waals surface area contributed by atoms with Crippen LogP contribution in [0, 0.1) is 11.8 Å². The van der Waals surface area contributed by atoms with Crippen LogP contribution in [0.25, 0.3) is 0 Å². The van der Waals surface area contributed by atoms with Crippen LogP contribution >= 0.6 is 15.9 Å². The number of carbonyl (C=O) groups is 2. The third-order valence-electron chi connectivity index (χ3n) is 5.97. The molecule has 1 amide bonds. The molecular formula is C18H20BrNO3. The molecular weight excluding hydrogens is 358 g/mol. The second-order valence-corrected chi connectivity index (χ2v) is 8.07. The Morgan fingerprint density at radius 1 is 1.26 bits per heavy atom. The highest BCUT2D eigenvalue weighted by atomic mass is 79.9. The molecule has 1 spiro atoms. The molecule has 1 N–H and O–H groups in total. The number of piperidine rings is 1. The van der Waals surface area contributed by atoms with Gasteiger partial charge in [0.25, 0.3) is 0 Å². The largest absolute Gasteiger partial charge is 0.481 e. The molecule has 122 valence electrons. The van der Waals surface area contributed by atoms with Gasteiger partial charge < -0.3 is 10.0 Å². The Labute approximate surface area is 144 Å². The quantitative estimate of drug-likeness (QED) is 0.861. The standard InChI is InChI=1S/C18H20BrNO3/c19-13-1-2-14-12(9-13)3-6-18(14)10-15(18)16(21)20-7-4-11(5-8-20)17(22)23/h1-2,9,11,15H,3-8,10H2,(H,22,23). The van der Waals surface area contributed by atoms with Crippen LogP contribution in [0.2, 0.25) is 0 Å². The third kappa shape index (κ3) is 2.40. The summed E-state index contributed by atoms with van der Waals surface area (Å²) < 4.78 is 1.10. The van der Waals surface area contributed by atoms with E-state index in [0.717, 1.165) is 23.7 Å².